The number of benzene rings is 14. The fourth-order valence-corrected chi connectivity index (χ4v) is 16.9. The number of nitrogens with zero attached hydrogens (tertiary/aromatic N) is 1. The molecule has 1 heterocycles. The van der Waals surface area contributed by atoms with Crippen molar-refractivity contribution in [2.75, 3.05) is 20.5 Å². The molecule has 644 valence electrons. The van der Waals surface area contributed by atoms with Gasteiger partial charge in [0.05, 0.1) is 45.9 Å². The lowest BCUT2D eigenvalue weighted by molar-refractivity contribution is -0.119. The lowest BCUT2D eigenvalue weighted by Crippen LogP contribution is -2.13. The van der Waals surface area contributed by atoms with Crippen LogP contribution < -0.4 is 47.5 Å². The topological polar surface area (TPSA) is 387 Å². The Morgan fingerprint density at radius 3 is 1.19 bits per heavy atom. The molecule has 15 rings (SSSR count). The van der Waals surface area contributed by atoms with Crippen LogP contribution in [0.3, 0.4) is 0 Å². The van der Waals surface area contributed by atoms with Gasteiger partial charge in [0.1, 0.15) is 17.3 Å². The van der Waals surface area contributed by atoms with Crippen LogP contribution in [0.25, 0.3) is 53.9 Å². The number of halogens is 6. The highest BCUT2D eigenvalue weighted by atomic mass is 35.5. The van der Waals surface area contributed by atoms with E-state index >= 15 is 0 Å². The van der Waals surface area contributed by atoms with E-state index in [4.69, 9.17) is 100 Å². The van der Waals surface area contributed by atoms with E-state index in [1.54, 1.807) is 151 Å². The molecule has 0 atom stereocenters. The highest BCUT2D eigenvalue weighted by Gasteiger charge is 2.19. The van der Waals surface area contributed by atoms with Crippen LogP contribution in [-0.2, 0) is 51.2 Å². The number of ether oxygens (including phenoxy) is 2. The molecule has 0 fully saturated rings. The molecular formula is C92H92Cl5FN8O13S4. The fraction of sp³-hybridized carbons (Fsp3) is 0.152. The zero-order valence-electron chi connectivity index (χ0n) is 69.1. The van der Waals surface area contributed by atoms with E-state index in [1.807, 2.05) is 112 Å². The van der Waals surface area contributed by atoms with Crippen molar-refractivity contribution < 1.29 is 61.9 Å². The van der Waals surface area contributed by atoms with Gasteiger partial charge in [-0.25, -0.2) is 58.9 Å². The largest absolute Gasteiger partial charge is 0.497 e. The number of sulfonamides is 3. The Morgan fingerprint density at radius 2 is 0.772 bits per heavy atom. The SMILES string of the molecule is COc1ccc(C)c(C(N)=O)c1.COc1ccc(C)c(S(N)(=O)=O)c1.Cc1cc2c(Cl)cccc2cc1C(N)=O.Cc1cc2c(Cl)cccc2cc1CN.Cc1cc2c(Cl)cccc2cc1F.Cc1cc2c(Cl)cccc2cc1S(C)(=O)=O.Cc1cc2c(Cl)cccc2cc1S(N)(=O)=O.Cc1cccc(C2=NNC(=O)C2)c1.Cc1ccccc1S(N)(=O)=O. The first-order chi connectivity index (χ1) is 57.6. The number of fused-ring (bicyclic) bond motifs is 5. The highest BCUT2D eigenvalue weighted by Crippen LogP contribution is 2.33. The number of primary amides is 2. The summed E-state index contributed by atoms with van der Waals surface area (Å²) in [4.78, 5) is 33.7. The monoisotopic (exact) mass is 1840 g/mol. The Hall–Kier alpha value is -10.9. The predicted octanol–water partition coefficient (Wildman–Crippen LogP) is 19.4. The second-order valence-electron chi connectivity index (χ2n) is 28.1. The van der Waals surface area contributed by atoms with E-state index in [2.05, 4.69) is 35.7 Å². The van der Waals surface area contributed by atoms with Crippen molar-refractivity contribution in [3.63, 3.8) is 0 Å². The normalized spacial score (nSPS) is 11.5. The molecule has 14 aromatic carbocycles. The molecule has 123 heavy (non-hydrogen) atoms. The van der Waals surface area contributed by atoms with Crippen LogP contribution in [0.1, 0.15) is 88.3 Å². The number of methoxy groups -OCH3 is 2. The molecule has 14 aromatic rings. The molecule has 31 heteroatoms. The maximum Gasteiger partial charge on any atom is 0.249 e. The Kier molecular flexibility index (Phi) is 35.4. The van der Waals surface area contributed by atoms with Crippen molar-refractivity contribution in [2.24, 2.45) is 37.7 Å². The van der Waals surface area contributed by atoms with Gasteiger partial charge in [-0.15, -0.1) is 0 Å². The molecule has 0 unspecified atom stereocenters. The van der Waals surface area contributed by atoms with Crippen molar-refractivity contribution >= 4 is 175 Å². The fourth-order valence-electron chi connectivity index (χ4n) is 12.4. The molecule has 0 radical (unpaired) electrons. The van der Waals surface area contributed by atoms with Gasteiger partial charge in [0.15, 0.2) is 9.84 Å². The van der Waals surface area contributed by atoms with Gasteiger partial charge in [0, 0.05) is 82.0 Å². The summed E-state index contributed by atoms with van der Waals surface area (Å²) in [6.45, 7) is 16.9. The van der Waals surface area contributed by atoms with Crippen molar-refractivity contribution in [3.8, 4) is 11.5 Å². The number of nitrogens with one attached hydrogen (secondary N) is 1. The third-order valence-corrected chi connectivity index (χ3v) is 24.9. The number of hydrazone groups is 1. The Labute approximate surface area is 741 Å². The second-order valence-corrected chi connectivity index (χ2v) is 36.8. The Balaban J connectivity index is 0.000000191. The van der Waals surface area contributed by atoms with E-state index in [0.29, 0.717) is 82.8 Å². The number of aryl methyl sites for hydroxylation is 9. The van der Waals surface area contributed by atoms with E-state index < -0.39 is 51.7 Å². The number of carbonyl (C=O) groups is 3. The van der Waals surface area contributed by atoms with Crippen molar-refractivity contribution in [1.82, 2.24) is 5.43 Å². The first kappa shape index (κ1) is 99.2. The van der Waals surface area contributed by atoms with Crippen molar-refractivity contribution in [3.05, 3.63) is 340 Å². The summed E-state index contributed by atoms with van der Waals surface area (Å²) in [5.74, 6) is 0.0797. The average Bonchev–Trinajstić information content (AvgIpc) is 0.888. The van der Waals surface area contributed by atoms with Gasteiger partial charge in [-0.3, -0.25) is 14.4 Å². The van der Waals surface area contributed by atoms with Crippen molar-refractivity contribution in [1.29, 1.82) is 0 Å². The van der Waals surface area contributed by atoms with E-state index in [-0.39, 0.29) is 26.4 Å². The maximum absolute atomic E-state index is 13.1. The molecule has 0 aromatic heterocycles. The molecular weight excluding hydrogens is 1750 g/mol. The van der Waals surface area contributed by atoms with Crippen LogP contribution in [-0.4, -0.2) is 77.6 Å². The number of sulfone groups is 1. The molecule has 1 aliphatic heterocycles. The summed E-state index contributed by atoms with van der Waals surface area (Å²) in [5.41, 5.74) is 29.9. The van der Waals surface area contributed by atoms with Crippen LogP contribution in [0.4, 0.5) is 4.39 Å². The van der Waals surface area contributed by atoms with E-state index in [9.17, 15) is 52.4 Å². The smallest absolute Gasteiger partial charge is 0.249 e. The summed E-state index contributed by atoms with van der Waals surface area (Å²) < 4.78 is 112. The maximum atomic E-state index is 13.1. The lowest BCUT2D eigenvalue weighted by Gasteiger charge is -2.07. The number of hydrogen-bond donors (Lipinski definition) is 7. The van der Waals surface area contributed by atoms with Crippen LogP contribution in [0.2, 0.25) is 25.1 Å². The number of amides is 3. The molecule has 0 aliphatic carbocycles. The van der Waals surface area contributed by atoms with Crippen LogP contribution >= 0.6 is 58.0 Å². The van der Waals surface area contributed by atoms with E-state index in [1.165, 1.54) is 48.3 Å². The van der Waals surface area contributed by atoms with Gasteiger partial charge < -0.3 is 26.7 Å². The van der Waals surface area contributed by atoms with Crippen LogP contribution in [0, 0.1) is 68.1 Å². The Morgan fingerprint density at radius 1 is 0.398 bits per heavy atom. The van der Waals surface area contributed by atoms with Crippen LogP contribution in [0.15, 0.2) is 261 Å². The highest BCUT2D eigenvalue weighted by molar-refractivity contribution is 7.91. The third-order valence-electron chi connectivity index (χ3n) is 18.8. The molecule has 0 spiro atoms. The average molecular weight is 1840 g/mol. The number of carbonyl (C=O) groups excluding carboxylic acids is 3. The molecule has 21 nitrogen and oxygen atoms in total. The van der Waals surface area contributed by atoms with Gasteiger partial charge in [-0.1, -0.05) is 179 Å². The van der Waals surface area contributed by atoms with E-state index in [0.717, 1.165) is 86.9 Å². The summed E-state index contributed by atoms with van der Waals surface area (Å²) in [5, 5.41) is 31.6. The molecule has 13 N–H and O–H groups in total. The standard InChI is InChI=1S/C12H10ClNO.C12H12ClN.C12H11ClO2S.C11H8ClF.C11H10ClNO2S.C10H10N2O.C9H11NO2.C8H11NO3S.C7H9NO2S/c1-7-5-10-8(3-2-4-11(10)13)6-9(7)12(14)15;1-8-5-11-9(6-10(8)7-14)3-2-4-12(11)13;1-8-6-10-9(4-3-5-11(10)13)7-12(8)16(2,14)15;1-7-5-9-8(6-11(7)13)3-2-4-10(9)12;1-7-5-9-8(3-2-4-10(9)12)6-11(7)16(13,14)15;1-7-3-2-4-8(5-7)9-6-10(13)12-11-9;1-6-3-4-7(12-2)5-8(6)9(10)11;1-6-3-4-7(12-2)5-8(6)13(9,10)11;1-6-4-2-3-5-7(6)11(8,9)10/h2-6H,1H3,(H2,14,15);2-6H,7,14H2,1H3;3-7H,1-2H3;2-6H,1H3;2-6H,1H3,(H2,13,14,15);2-5H,6H2,1H3,(H,12,13);3-5H,1-2H3,(H2,10,11);3-5H,1-2H3,(H2,9,10,11);2-5H,1H3,(H2,8,9,10). The minimum absolute atomic E-state index is 0.0310. The zero-order valence-corrected chi connectivity index (χ0v) is 76.1. The first-order valence-electron chi connectivity index (χ1n) is 37.1. The molecule has 0 bridgehead atoms. The van der Waals surface area contributed by atoms with Gasteiger partial charge >= 0.3 is 0 Å². The second kappa shape index (κ2) is 43.9. The van der Waals surface area contributed by atoms with Gasteiger partial charge in [0.25, 0.3) is 0 Å². The number of hydrogen-bond acceptors (Lipinski definition) is 15. The molecule has 3 amide bonds. The minimum Gasteiger partial charge on any atom is -0.497 e. The third kappa shape index (κ3) is 28.0. The number of rotatable bonds is 10. The Bertz CT molecular complexity index is 6730. The minimum atomic E-state index is -3.68. The summed E-state index contributed by atoms with van der Waals surface area (Å²) in [6, 6.07) is 70.3. The lowest BCUT2D eigenvalue weighted by atomic mass is 10.0. The molecule has 1 aliphatic rings. The van der Waals surface area contributed by atoms with Gasteiger partial charge in [0.2, 0.25) is 47.8 Å². The summed E-state index contributed by atoms with van der Waals surface area (Å²) >= 11 is 30.2. The summed E-state index contributed by atoms with van der Waals surface area (Å²) in [6.07, 6.45) is 1.61. The summed E-state index contributed by atoms with van der Waals surface area (Å²) in [7, 11) is -11.0. The predicted molar refractivity (Wildman–Crippen MR) is 498 cm³/mol. The first-order valence-corrected chi connectivity index (χ1v) is 45.5. The molecule has 0 saturated carbocycles. The van der Waals surface area contributed by atoms with Gasteiger partial charge in [-0.2, -0.15) is 5.10 Å². The van der Waals surface area contributed by atoms with Crippen molar-refractivity contribution in [2.45, 2.75) is 94.9 Å². The van der Waals surface area contributed by atoms with Gasteiger partial charge in [-0.05, 0) is 260 Å². The van der Waals surface area contributed by atoms with Crippen LogP contribution in [0.5, 0.6) is 11.5 Å². The zero-order chi connectivity index (χ0) is 91.3. The quantitative estimate of drug-likeness (QED) is 0.0669. The number of nitrogens with two attached hydrogens (primary N) is 6. The molecule has 0 saturated heterocycles. The number of primary sulfonamides is 3.